The van der Waals surface area contributed by atoms with Crippen LogP contribution in [0.5, 0.6) is 0 Å². The van der Waals surface area contributed by atoms with Crippen LogP contribution in [0, 0.1) is 6.92 Å². The lowest BCUT2D eigenvalue weighted by Gasteiger charge is -2.09. The largest absolute Gasteiger partial charge is 0.394 e. The molecule has 1 aromatic carbocycles. The average Bonchev–Trinajstić information content (AvgIpc) is 2.68. The molecule has 0 aliphatic rings. The summed E-state index contributed by atoms with van der Waals surface area (Å²) >= 11 is 5.86. The Labute approximate surface area is 118 Å². The first-order valence-corrected chi connectivity index (χ1v) is 6.80. The van der Waals surface area contributed by atoms with E-state index in [1.54, 1.807) is 0 Å². The molecule has 0 atom stereocenters. The summed E-state index contributed by atoms with van der Waals surface area (Å²) in [6.45, 7) is 5.60. The number of hydrogen-bond donors (Lipinski definition) is 2. The molecule has 1 heterocycles. The van der Waals surface area contributed by atoms with Crippen LogP contribution < -0.4 is 11.1 Å². The van der Waals surface area contributed by atoms with Crippen molar-refractivity contribution in [3.05, 3.63) is 40.5 Å². The highest BCUT2D eigenvalue weighted by Crippen LogP contribution is 2.22. The molecule has 0 spiro atoms. The summed E-state index contributed by atoms with van der Waals surface area (Å²) in [6.07, 6.45) is 0.921. The third-order valence-corrected chi connectivity index (χ3v) is 3.34. The van der Waals surface area contributed by atoms with Crippen molar-refractivity contribution in [1.29, 1.82) is 0 Å². The van der Waals surface area contributed by atoms with Crippen molar-refractivity contribution >= 4 is 23.1 Å². The smallest absolute Gasteiger partial charge is 0.148 e. The van der Waals surface area contributed by atoms with E-state index in [0.29, 0.717) is 0 Å². The van der Waals surface area contributed by atoms with Crippen molar-refractivity contribution in [2.24, 2.45) is 0 Å². The Morgan fingerprint density at radius 3 is 2.63 bits per heavy atom. The molecule has 4 nitrogen and oxygen atoms in total. The molecular weight excluding hydrogens is 260 g/mol. The third kappa shape index (κ3) is 3.20. The number of nitrogen functional groups attached to an aromatic ring is 1. The van der Waals surface area contributed by atoms with Crippen LogP contribution in [0.15, 0.2) is 24.3 Å². The molecule has 0 bridgehead atoms. The van der Waals surface area contributed by atoms with E-state index >= 15 is 0 Å². The lowest BCUT2D eigenvalue weighted by Crippen LogP contribution is -2.11. The first kappa shape index (κ1) is 13.7. The molecule has 2 rings (SSSR count). The zero-order chi connectivity index (χ0) is 13.8. The maximum absolute atomic E-state index is 6.02. The van der Waals surface area contributed by atoms with Crippen LogP contribution in [-0.4, -0.2) is 16.3 Å². The van der Waals surface area contributed by atoms with Gasteiger partial charge in [0.25, 0.3) is 0 Å². The summed E-state index contributed by atoms with van der Waals surface area (Å²) in [5.41, 5.74) is 8.87. The van der Waals surface area contributed by atoms with Gasteiger partial charge < -0.3 is 11.1 Å². The molecule has 1 aromatic heterocycles. The highest BCUT2D eigenvalue weighted by Gasteiger charge is 2.10. The van der Waals surface area contributed by atoms with E-state index in [0.717, 1.165) is 41.7 Å². The third-order valence-electron chi connectivity index (χ3n) is 3.09. The molecule has 5 heteroatoms. The fraction of sp³-hybridized carbons (Fsp3) is 0.357. The summed E-state index contributed by atoms with van der Waals surface area (Å²) in [5.74, 6) is 0.911. The average molecular weight is 279 g/mol. The molecule has 0 amide bonds. The summed E-state index contributed by atoms with van der Waals surface area (Å²) < 4.78 is 1.90. The zero-order valence-corrected chi connectivity index (χ0v) is 12.0. The molecule has 3 N–H and O–H groups in total. The van der Waals surface area contributed by atoms with E-state index in [4.69, 9.17) is 17.3 Å². The molecule has 0 unspecified atom stereocenters. The number of anilines is 2. The number of rotatable bonds is 5. The molecule has 102 valence electrons. The second-order valence-electron chi connectivity index (χ2n) is 4.47. The monoisotopic (exact) mass is 278 g/mol. The fourth-order valence-electron chi connectivity index (χ4n) is 1.99. The Bertz CT molecular complexity index is 545. The number of aromatic nitrogens is 2. The highest BCUT2D eigenvalue weighted by molar-refractivity contribution is 6.30. The van der Waals surface area contributed by atoms with Gasteiger partial charge in [0.05, 0.1) is 11.4 Å². The topological polar surface area (TPSA) is 55.9 Å². The molecule has 0 saturated carbocycles. The lowest BCUT2D eigenvalue weighted by molar-refractivity contribution is 0.657. The van der Waals surface area contributed by atoms with Gasteiger partial charge in [-0.2, -0.15) is 5.10 Å². The Hall–Kier alpha value is -1.68. The van der Waals surface area contributed by atoms with E-state index in [-0.39, 0.29) is 0 Å². The van der Waals surface area contributed by atoms with Crippen LogP contribution in [-0.2, 0) is 13.0 Å². The molecular formula is C14H19ClN4. The summed E-state index contributed by atoms with van der Waals surface area (Å²) in [6, 6.07) is 7.89. The van der Waals surface area contributed by atoms with Crippen LogP contribution in [0.1, 0.15) is 18.2 Å². The first-order chi connectivity index (χ1) is 9.11. The van der Waals surface area contributed by atoms with Crippen molar-refractivity contribution in [1.82, 2.24) is 9.78 Å². The second kappa shape index (κ2) is 5.97. The number of nitrogens with zero attached hydrogens (tertiary/aromatic N) is 2. The standard InChI is InChI=1S/C14H19ClN4/c1-3-19-14(13(16)10(2)18-19)17-9-8-11-4-6-12(15)7-5-11/h4-7,17H,3,8-9,16H2,1-2H3. The van der Waals surface area contributed by atoms with Gasteiger partial charge in [-0.25, -0.2) is 4.68 Å². The van der Waals surface area contributed by atoms with E-state index in [1.807, 2.05) is 35.9 Å². The number of nitrogens with one attached hydrogen (secondary N) is 1. The van der Waals surface area contributed by atoms with Gasteiger partial charge in [-0.15, -0.1) is 0 Å². The van der Waals surface area contributed by atoms with Gasteiger partial charge >= 0.3 is 0 Å². The van der Waals surface area contributed by atoms with E-state index in [1.165, 1.54) is 5.56 Å². The summed E-state index contributed by atoms with van der Waals surface area (Å²) in [7, 11) is 0. The van der Waals surface area contributed by atoms with Gasteiger partial charge in [0.2, 0.25) is 0 Å². The predicted octanol–water partition coefficient (Wildman–Crippen LogP) is 3.10. The van der Waals surface area contributed by atoms with Crippen LogP contribution in [0.2, 0.25) is 5.02 Å². The van der Waals surface area contributed by atoms with Gasteiger partial charge in [0.1, 0.15) is 5.82 Å². The molecule has 0 aliphatic heterocycles. The molecule has 19 heavy (non-hydrogen) atoms. The van der Waals surface area contributed by atoms with Gasteiger partial charge in [-0.05, 0) is 38.0 Å². The maximum Gasteiger partial charge on any atom is 0.148 e. The number of halogens is 1. The van der Waals surface area contributed by atoms with Crippen molar-refractivity contribution in [2.45, 2.75) is 26.8 Å². The van der Waals surface area contributed by atoms with Gasteiger partial charge in [0, 0.05) is 18.1 Å². The second-order valence-corrected chi connectivity index (χ2v) is 4.90. The van der Waals surface area contributed by atoms with Crippen LogP contribution in [0.25, 0.3) is 0 Å². The fourth-order valence-corrected chi connectivity index (χ4v) is 2.11. The van der Waals surface area contributed by atoms with E-state index in [2.05, 4.69) is 17.3 Å². The van der Waals surface area contributed by atoms with Gasteiger partial charge in [-0.1, -0.05) is 23.7 Å². The van der Waals surface area contributed by atoms with Crippen molar-refractivity contribution in [3.63, 3.8) is 0 Å². The van der Waals surface area contributed by atoms with Crippen molar-refractivity contribution in [2.75, 3.05) is 17.6 Å². The minimum Gasteiger partial charge on any atom is -0.394 e. The number of aryl methyl sites for hydroxylation is 2. The number of benzene rings is 1. The predicted molar refractivity (Wildman–Crippen MR) is 80.7 cm³/mol. The number of hydrogen-bond acceptors (Lipinski definition) is 3. The molecule has 2 aromatic rings. The Kier molecular flexibility index (Phi) is 4.32. The SMILES string of the molecule is CCn1nc(C)c(N)c1NCCc1ccc(Cl)cc1. The molecule has 0 radical (unpaired) electrons. The lowest BCUT2D eigenvalue weighted by atomic mass is 10.1. The van der Waals surface area contributed by atoms with Gasteiger partial charge in [-0.3, -0.25) is 0 Å². The van der Waals surface area contributed by atoms with Crippen molar-refractivity contribution in [3.8, 4) is 0 Å². The molecule has 0 fully saturated rings. The summed E-state index contributed by atoms with van der Waals surface area (Å²) in [5, 5.41) is 8.50. The zero-order valence-electron chi connectivity index (χ0n) is 11.3. The van der Waals surface area contributed by atoms with Crippen LogP contribution >= 0.6 is 11.6 Å². The highest BCUT2D eigenvalue weighted by atomic mass is 35.5. The van der Waals surface area contributed by atoms with Crippen LogP contribution in [0.4, 0.5) is 11.5 Å². The normalized spacial score (nSPS) is 10.7. The van der Waals surface area contributed by atoms with Crippen molar-refractivity contribution < 1.29 is 0 Å². The summed E-state index contributed by atoms with van der Waals surface area (Å²) in [4.78, 5) is 0. The van der Waals surface area contributed by atoms with E-state index < -0.39 is 0 Å². The van der Waals surface area contributed by atoms with Crippen LogP contribution in [0.3, 0.4) is 0 Å². The quantitative estimate of drug-likeness (QED) is 0.884. The number of nitrogens with two attached hydrogens (primary N) is 1. The van der Waals surface area contributed by atoms with Gasteiger partial charge in [0.15, 0.2) is 0 Å². The maximum atomic E-state index is 6.02. The Balaban J connectivity index is 1.97. The Morgan fingerprint density at radius 2 is 2.00 bits per heavy atom. The minimum absolute atomic E-state index is 0.734. The first-order valence-electron chi connectivity index (χ1n) is 6.43. The molecule has 0 aliphatic carbocycles. The Morgan fingerprint density at radius 1 is 1.32 bits per heavy atom. The minimum atomic E-state index is 0.734. The van der Waals surface area contributed by atoms with E-state index in [9.17, 15) is 0 Å². The molecule has 0 saturated heterocycles.